The van der Waals surface area contributed by atoms with E-state index >= 15 is 0 Å². The maximum absolute atomic E-state index is 12.0. The van der Waals surface area contributed by atoms with Gasteiger partial charge in [0.2, 0.25) is 0 Å². The van der Waals surface area contributed by atoms with Gasteiger partial charge in [0.1, 0.15) is 0 Å². The zero-order valence-corrected chi connectivity index (χ0v) is 9.61. The summed E-state index contributed by atoms with van der Waals surface area (Å²) in [6.07, 6.45) is 1.25. The van der Waals surface area contributed by atoms with E-state index in [1.165, 1.54) is 4.90 Å². The quantitative estimate of drug-likeness (QED) is 0.642. The summed E-state index contributed by atoms with van der Waals surface area (Å²) >= 11 is 4.27. The average molecular weight is 234 g/mol. The maximum atomic E-state index is 12.0. The fourth-order valence-electron chi connectivity index (χ4n) is 1.79. The average Bonchev–Trinajstić information content (AvgIpc) is 2.53. The maximum Gasteiger partial charge on any atom is 0.262 e. The van der Waals surface area contributed by atoms with Crippen molar-refractivity contribution in [2.45, 2.75) is 18.2 Å². The predicted octanol–water partition coefficient (Wildman–Crippen LogP) is 2.15. The Labute approximate surface area is 99.9 Å². The van der Waals surface area contributed by atoms with E-state index in [4.69, 9.17) is 0 Å². The van der Waals surface area contributed by atoms with E-state index in [-0.39, 0.29) is 17.2 Å². The van der Waals surface area contributed by atoms with Crippen LogP contribution in [0.4, 0.5) is 0 Å². The highest BCUT2D eigenvalue weighted by Gasteiger charge is 2.37. The molecule has 0 N–H and O–H groups in total. The Morgan fingerprint density at radius 3 is 2.12 bits per heavy atom. The molecule has 0 fully saturated rings. The van der Waals surface area contributed by atoms with Gasteiger partial charge in [-0.3, -0.25) is 14.5 Å². The minimum Gasteiger partial charge on any atom is -0.269 e. The molecule has 1 radical (unpaired) electrons. The number of carbonyl (C=O) groups excluding carboxylic acids is 2. The second-order valence-corrected chi connectivity index (χ2v) is 4.24. The molecule has 3 nitrogen and oxygen atoms in total. The molecule has 0 saturated carbocycles. The van der Waals surface area contributed by atoms with Gasteiger partial charge in [-0.05, 0) is 18.6 Å². The van der Waals surface area contributed by atoms with Crippen LogP contribution in [-0.2, 0) is 0 Å². The summed E-state index contributed by atoms with van der Waals surface area (Å²) in [5.41, 5.74) is 0.936. The molecule has 83 valence electrons. The van der Waals surface area contributed by atoms with Crippen LogP contribution in [0.3, 0.4) is 0 Å². The number of amides is 2. The van der Waals surface area contributed by atoms with Gasteiger partial charge >= 0.3 is 0 Å². The standard InChI is InChI=1S/C12H12NO2S/c1-2-5-10(16)13-11(14)8-6-3-4-7-9(8)12(13)15/h3-4,6-7,10,16H,1-2,5H2. The highest BCUT2D eigenvalue weighted by Crippen LogP contribution is 2.26. The van der Waals surface area contributed by atoms with Crippen LogP contribution < -0.4 is 0 Å². The van der Waals surface area contributed by atoms with Gasteiger partial charge in [-0.25, -0.2) is 0 Å². The molecule has 1 unspecified atom stereocenters. The zero-order chi connectivity index (χ0) is 11.7. The number of carbonyl (C=O) groups is 2. The molecule has 0 aliphatic carbocycles. The highest BCUT2D eigenvalue weighted by atomic mass is 32.1. The van der Waals surface area contributed by atoms with E-state index in [1.54, 1.807) is 24.3 Å². The molecule has 1 aromatic carbocycles. The van der Waals surface area contributed by atoms with Crippen LogP contribution in [0.1, 0.15) is 33.6 Å². The van der Waals surface area contributed by atoms with Gasteiger partial charge in [0, 0.05) is 0 Å². The lowest BCUT2D eigenvalue weighted by atomic mass is 10.1. The van der Waals surface area contributed by atoms with Crippen molar-refractivity contribution in [1.82, 2.24) is 4.90 Å². The smallest absolute Gasteiger partial charge is 0.262 e. The summed E-state index contributed by atoms with van der Waals surface area (Å²) in [5, 5.41) is -0.384. The van der Waals surface area contributed by atoms with E-state index in [2.05, 4.69) is 19.6 Å². The molecule has 2 rings (SSSR count). The summed E-state index contributed by atoms with van der Waals surface area (Å²) in [6.45, 7) is 3.70. The van der Waals surface area contributed by atoms with Crippen molar-refractivity contribution in [3.63, 3.8) is 0 Å². The topological polar surface area (TPSA) is 37.4 Å². The van der Waals surface area contributed by atoms with Crippen LogP contribution in [0.2, 0.25) is 0 Å². The summed E-state index contributed by atoms with van der Waals surface area (Å²) < 4.78 is 0. The fraction of sp³-hybridized carbons (Fsp3) is 0.250. The molecule has 4 heteroatoms. The Balaban J connectivity index is 2.35. The van der Waals surface area contributed by atoms with Crippen LogP contribution in [0.15, 0.2) is 24.3 Å². The third-order valence-corrected chi connectivity index (χ3v) is 3.07. The molecule has 1 aliphatic heterocycles. The van der Waals surface area contributed by atoms with Gasteiger partial charge in [-0.2, -0.15) is 12.6 Å². The SMILES string of the molecule is [CH2]CCC(S)N1C(=O)c2ccccc2C1=O. The van der Waals surface area contributed by atoms with Crippen LogP contribution in [0.5, 0.6) is 0 Å². The molecule has 0 aromatic heterocycles. The number of nitrogens with zero attached hydrogens (tertiary/aromatic N) is 1. The number of fused-ring (bicyclic) bond motifs is 1. The minimum absolute atomic E-state index is 0.256. The number of benzene rings is 1. The molecule has 1 aromatic rings. The molecule has 1 aliphatic rings. The Morgan fingerprint density at radius 1 is 1.19 bits per heavy atom. The lowest BCUT2D eigenvalue weighted by molar-refractivity contribution is 0.0635. The van der Waals surface area contributed by atoms with Crippen LogP contribution >= 0.6 is 12.6 Å². The number of thiol groups is 1. The van der Waals surface area contributed by atoms with Crippen molar-refractivity contribution < 1.29 is 9.59 Å². The Bertz CT molecular complexity index is 409. The van der Waals surface area contributed by atoms with Gasteiger partial charge in [0.25, 0.3) is 11.8 Å². The summed E-state index contributed by atoms with van der Waals surface area (Å²) in [6, 6.07) is 6.84. The molecule has 1 atom stereocenters. The first kappa shape index (κ1) is 11.2. The van der Waals surface area contributed by atoms with Gasteiger partial charge in [0.15, 0.2) is 0 Å². The fourth-order valence-corrected chi connectivity index (χ4v) is 2.18. The minimum atomic E-state index is -0.384. The zero-order valence-electron chi connectivity index (χ0n) is 8.72. The molecule has 2 amide bonds. The molecule has 0 bridgehead atoms. The molecule has 1 heterocycles. The molecule has 16 heavy (non-hydrogen) atoms. The van der Waals surface area contributed by atoms with E-state index < -0.39 is 0 Å². The predicted molar refractivity (Wildman–Crippen MR) is 64.3 cm³/mol. The largest absolute Gasteiger partial charge is 0.269 e. The van der Waals surface area contributed by atoms with Crippen molar-refractivity contribution in [2.75, 3.05) is 0 Å². The first-order valence-corrected chi connectivity index (χ1v) is 5.62. The van der Waals surface area contributed by atoms with E-state index in [9.17, 15) is 9.59 Å². The van der Waals surface area contributed by atoms with E-state index in [0.717, 1.165) is 0 Å². The molecule has 0 saturated heterocycles. The van der Waals surface area contributed by atoms with E-state index in [0.29, 0.717) is 24.0 Å². The van der Waals surface area contributed by atoms with Gasteiger partial charge < -0.3 is 0 Å². The third kappa shape index (κ3) is 1.63. The molecule has 0 spiro atoms. The third-order valence-electron chi connectivity index (χ3n) is 2.59. The lowest BCUT2D eigenvalue weighted by Gasteiger charge is -2.20. The summed E-state index contributed by atoms with van der Waals surface area (Å²) in [4.78, 5) is 25.1. The number of imide groups is 1. The summed E-state index contributed by atoms with van der Waals surface area (Å²) in [7, 11) is 0. The Kier molecular flexibility index (Phi) is 3.01. The Hall–Kier alpha value is -1.29. The van der Waals surface area contributed by atoms with Crippen molar-refractivity contribution in [3.05, 3.63) is 42.3 Å². The van der Waals surface area contributed by atoms with Crippen molar-refractivity contribution in [1.29, 1.82) is 0 Å². The summed E-state index contributed by atoms with van der Waals surface area (Å²) in [5.74, 6) is -0.511. The Morgan fingerprint density at radius 2 is 1.69 bits per heavy atom. The van der Waals surface area contributed by atoms with Crippen LogP contribution in [0.25, 0.3) is 0 Å². The lowest BCUT2D eigenvalue weighted by Crippen LogP contribution is -2.36. The van der Waals surface area contributed by atoms with Gasteiger partial charge in [-0.15, -0.1) is 0 Å². The van der Waals surface area contributed by atoms with Crippen molar-refractivity contribution in [3.8, 4) is 0 Å². The monoisotopic (exact) mass is 234 g/mol. The van der Waals surface area contributed by atoms with Crippen molar-refractivity contribution in [2.24, 2.45) is 0 Å². The van der Waals surface area contributed by atoms with Gasteiger partial charge in [-0.1, -0.05) is 25.5 Å². The number of hydrogen-bond donors (Lipinski definition) is 1. The number of rotatable bonds is 3. The highest BCUT2D eigenvalue weighted by molar-refractivity contribution is 7.80. The number of hydrogen-bond acceptors (Lipinski definition) is 3. The first-order valence-electron chi connectivity index (χ1n) is 5.11. The van der Waals surface area contributed by atoms with Gasteiger partial charge in [0.05, 0.1) is 16.5 Å². The first-order chi connectivity index (χ1) is 7.66. The molecular formula is C12H12NO2S. The molecular weight excluding hydrogens is 222 g/mol. The normalized spacial score (nSPS) is 16.5. The van der Waals surface area contributed by atoms with Crippen molar-refractivity contribution >= 4 is 24.4 Å². The second kappa shape index (κ2) is 4.29. The van der Waals surface area contributed by atoms with Crippen LogP contribution in [0, 0.1) is 6.92 Å². The van der Waals surface area contributed by atoms with Crippen LogP contribution in [-0.4, -0.2) is 22.1 Å². The van der Waals surface area contributed by atoms with E-state index in [1.807, 2.05) is 0 Å². The second-order valence-electron chi connectivity index (χ2n) is 3.65.